The van der Waals surface area contributed by atoms with Crippen LogP contribution in [0.2, 0.25) is 0 Å². The van der Waals surface area contributed by atoms with Gasteiger partial charge >= 0.3 is 0 Å². The van der Waals surface area contributed by atoms with Crippen molar-refractivity contribution in [3.63, 3.8) is 0 Å². The van der Waals surface area contributed by atoms with Gasteiger partial charge in [0.25, 0.3) is 0 Å². The van der Waals surface area contributed by atoms with Crippen molar-refractivity contribution in [3.8, 4) is 0 Å². The van der Waals surface area contributed by atoms with Crippen LogP contribution in [0.1, 0.15) is 13.3 Å². The number of thioether (sulfide) groups is 1. The van der Waals surface area contributed by atoms with Crippen LogP contribution in [-0.4, -0.2) is 11.1 Å². The van der Waals surface area contributed by atoms with E-state index in [0.29, 0.717) is 5.92 Å². The van der Waals surface area contributed by atoms with Crippen molar-refractivity contribution in [2.45, 2.75) is 18.2 Å². The number of rotatable bonds is 5. The Balaban J connectivity index is 2.49. The SMILES string of the molecule is CCC(CBr)CSc1ccccc1F. The summed E-state index contributed by atoms with van der Waals surface area (Å²) in [4.78, 5) is 0.756. The molecule has 0 radical (unpaired) electrons. The number of halogens is 2. The van der Waals surface area contributed by atoms with Crippen molar-refractivity contribution < 1.29 is 4.39 Å². The monoisotopic (exact) mass is 276 g/mol. The first-order valence-electron chi connectivity index (χ1n) is 4.71. The fraction of sp³-hybridized carbons (Fsp3) is 0.455. The largest absolute Gasteiger partial charge is 0.206 e. The second-order valence-electron chi connectivity index (χ2n) is 3.17. The normalized spacial score (nSPS) is 12.8. The number of benzene rings is 1. The average Bonchev–Trinajstić information content (AvgIpc) is 2.22. The Labute approximate surface area is 97.4 Å². The third-order valence-corrected chi connectivity index (χ3v) is 4.30. The molecule has 0 amide bonds. The van der Waals surface area contributed by atoms with Crippen molar-refractivity contribution in [3.05, 3.63) is 30.1 Å². The van der Waals surface area contributed by atoms with Crippen LogP contribution in [0.3, 0.4) is 0 Å². The Kier molecular flexibility index (Phi) is 5.56. The summed E-state index contributed by atoms with van der Waals surface area (Å²) in [6.45, 7) is 2.16. The van der Waals surface area contributed by atoms with Crippen LogP contribution >= 0.6 is 27.7 Å². The predicted octanol–water partition coefficient (Wildman–Crippen LogP) is 4.34. The number of hydrogen-bond acceptors (Lipinski definition) is 1. The fourth-order valence-electron chi connectivity index (χ4n) is 1.04. The van der Waals surface area contributed by atoms with Crippen LogP contribution in [0.15, 0.2) is 29.2 Å². The molecule has 14 heavy (non-hydrogen) atoms. The highest BCUT2D eigenvalue weighted by Crippen LogP contribution is 2.25. The quantitative estimate of drug-likeness (QED) is 0.570. The lowest BCUT2D eigenvalue weighted by molar-refractivity contribution is 0.600. The maximum Gasteiger partial charge on any atom is 0.136 e. The third-order valence-electron chi connectivity index (χ3n) is 2.11. The average molecular weight is 277 g/mol. The van der Waals surface area contributed by atoms with E-state index in [9.17, 15) is 4.39 Å². The van der Waals surface area contributed by atoms with Gasteiger partial charge in [-0.05, 0) is 18.1 Å². The Morgan fingerprint density at radius 3 is 2.71 bits per heavy atom. The van der Waals surface area contributed by atoms with Crippen LogP contribution in [-0.2, 0) is 0 Å². The molecule has 1 aromatic rings. The minimum Gasteiger partial charge on any atom is -0.206 e. The van der Waals surface area contributed by atoms with Gasteiger partial charge in [-0.25, -0.2) is 4.39 Å². The molecule has 1 unspecified atom stereocenters. The first kappa shape index (κ1) is 12.1. The Bertz CT molecular complexity index is 274. The van der Waals surface area contributed by atoms with Gasteiger partial charge in [0, 0.05) is 16.0 Å². The first-order valence-corrected chi connectivity index (χ1v) is 6.82. The van der Waals surface area contributed by atoms with Gasteiger partial charge in [0.2, 0.25) is 0 Å². The molecule has 0 aliphatic heterocycles. The highest BCUT2D eigenvalue weighted by atomic mass is 79.9. The summed E-state index contributed by atoms with van der Waals surface area (Å²) >= 11 is 5.06. The summed E-state index contributed by atoms with van der Waals surface area (Å²) in [5.41, 5.74) is 0. The van der Waals surface area contributed by atoms with Gasteiger partial charge < -0.3 is 0 Å². The van der Waals surface area contributed by atoms with Crippen LogP contribution in [0.25, 0.3) is 0 Å². The minimum atomic E-state index is -0.109. The number of alkyl halides is 1. The third kappa shape index (κ3) is 3.62. The highest BCUT2D eigenvalue weighted by Gasteiger charge is 2.07. The van der Waals surface area contributed by atoms with E-state index < -0.39 is 0 Å². The first-order chi connectivity index (χ1) is 6.77. The van der Waals surface area contributed by atoms with Crippen LogP contribution in [0.4, 0.5) is 4.39 Å². The molecule has 0 saturated heterocycles. The molecule has 0 nitrogen and oxygen atoms in total. The highest BCUT2D eigenvalue weighted by molar-refractivity contribution is 9.09. The molecule has 0 heterocycles. The summed E-state index contributed by atoms with van der Waals surface area (Å²) in [5, 5.41) is 0.991. The van der Waals surface area contributed by atoms with E-state index >= 15 is 0 Å². The molecule has 0 saturated carbocycles. The standard InChI is InChI=1S/C11H14BrFS/c1-2-9(7-12)8-14-11-6-4-3-5-10(11)13/h3-6,9H,2,7-8H2,1H3. The van der Waals surface area contributed by atoms with Gasteiger partial charge in [-0.15, -0.1) is 11.8 Å². The number of hydrogen-bond donors (Lipinski definition) is 0. The second-order valence-corrected chi connectivity index (χ2v) is 4.88. The van der Waals surface area contributed by atoms with Crippen LogP contribution in [0.5, 0.6) is 0 Å². The molecule has 78 valence electrons. The van der Waals surface area contributed by atoms with Gasteiger partial charge in [0.1, 0.15) is 5.82 Å². The predicted molar refractivity (Wildman–Crippen MR) is 64.7 cm³/mol. The van der Waals surface area contributed by atoms with Gasteiger partial charge in [0.05, 0.1) is 0 Å². The maximum absolute atomic E-state index is 13.2. The summed E-state index contributed by atoms with van der Waals surface area (Å²) < 4.78 is 13.2. The van der Waals surface area contributed by atoms with E-state index in [0.717, 1.165) is 22.4 Å². The molecule has 0 aliphatic carbocycles. The molecule has 1 aromatic carbocycles. The summed E-state index contributed by atoms with van der Waals surface area (Å²) in [5.74, 6) is 1.49. The van der Waals surface area contributed by atoms with Gasteiger partial charge in [-0.1, -0.05) is 41.4 Å². The molecule has 0 aromatic heterocycles. The topological polar surface area (TPSA) is 0 Å². The summed E-state index contributed by atoms with van der Waals surface area (Å²) in [6, 6.07) is 6.94. The van der Waals surface area contributed by atoms with Crippen molar-refractivity contribution in [2.75, 3.05) is 11.1 Å². The van der Waals surface area contributed by atoms with E-state index in [4.69, 9.17) is 0 Å². The molecule has 0 aliphatic rings. The lowest BCUT2D eigenvalue weighted by Gasteiger charge is -2.10. The molecule has 3 heteroatoms. The van der Waals surface area contributed by atoms with E-state index in [1.807, 2.05) is 12.1 Å². The molecule has 0 spiro atoms. The Hall–Kier alpha value is -0.0200. The maximum atomic E-state index is 13.2. The molecule has 1 rings (SSSR count). The lowest BCUT2D eigenvalue weighted by atomic mass is 10.2. The van der Waals surface area contributed by atoms with Crippen molar-refractivity contribution in [1.29, 1.82) is 0 Å². The van der Waals surface area contributed by atoms with E-state index in [1.54, 1.807) is 17.8 Å². The second kappa shape index (κ2) is 6.46. The molecule has 0 N–H and O–H groups in total. The van der Waals surface area contributed by atoms with Crippen molar-refractivity contribution >= 4 is 27.7 Å². The van der Waals surface area contributed by atoms with E-state index in [-0.39, 0.29) is 5.82 Å². The van der Waals surface area contributed by atoms with E-state index in [1.165, 1.54) is 6.07 Å². The molecular formula is C11H14BrFS. The van der Waals surface area contributed by atoms with Crippen LogP contribution < -0.4 is 0 Å². The molecule has 0 fully saturated rings. The molecule has 1 atom stereocenters. The zero-order valence-corrected chi connectivity index (χ0v) is 10.6. The van der Waals surface area contributed by atoms with Crippen molar-refractivity contribution in [2.24, 2.45) is 5.92 Å². The van der Waals surface area contributed by atoms with Crippen molar-refractivity contribution in [1.82, 2.24) is 0 Å². The smallest absolute Gasteiger partial charge is 0.136 e. The van der Waals surface area contributed by atoms with Gasteiger partial charge in [0.15, 0.2) is 0 Å². The van der Waals surface area contributed by atoms with Gasteiger partial charge in [-0.2, -0.15) is 0 Å². The lowest BCUT2D eigenvalue weighted by Crippen LogP contribution is -2.03. The fourth-order valence-corrected chi connectivity index (χ4v) is 3.18. The minimum absolute atomic E-state index is 0.109. The molecule has 0 bridgehead atoms. The zero-order valence-electron chi connectivity index (χ0n) is 8.17. The van der Waals surface area contributed by atoms with Gasteiger partial charge in [-0.3, -0.25) is 0 Å². The summed E-state index contributed by atoms with van der Waals surface area (Å²) in [7, 11) is 0. The van der Waals surface area contributed by atoms with E-state index in [2.05, 4.69) is 22.9 Å². The zero-order chi connectivity index (χ0) is 10.4. The molecular weight excluding hydrogens is 263 g/mol. The Morgan fingerprint density at radius 2 is 2.14 bits per heavy atom. The van der Waals surface area contributed by atoms with Crippen LogP contribution in [0, 0.1) is 11.7 Å². The Morgan fingerprint density at radius 1 is 1.43 bits per heavy atom. The summed E-state index contributed by atoms with van der Waals surface area (Å²) in [6.07, 6.45) is 1.13.